The minimum atomic E-state index is -0.278. The molecular formula is C7H8N2O. The van der Waals surface area contributed by atoms with Crippen LogP contribution in [0, 0.1) is 11.3 Å². The predicted molar refractivity (Wildman–Crippen MR) is 35.9 cm³/mol. The van der Waals surface area contributed by atoms with Gasteiger partial charge in [-0.3, -0.25) is 0 Å². The summed E-state index contributed by atoms with van der Waals surface area (Å²) < 4.78 is 4.97. The van der Waals surface area contributed by atoms with Gasteiger partial charge in [0.1, 0.15) is 5.76 Å². The second-order valence-electron chi connectivity index (χ2n) is 1.98. The average molecular weight is 136 g/mol. The van der Waals surface area contributed by atoms with E-state index in [9.17, 15) is 0 Å². The normalized spacial score (nSPS) is 12.4. The fourth-order valence-corrected chi connectivity index (χ4v) is 0.701. The third kappa shape index (κ3) is 1.36. The van der Waals surface area contributed by atoms with Crippen LogP contribution in [0.1, 0.15) is 18.2 Å². The summed E-state index contributed by atoms with van der Waals surface area (Å²) in [5, 5.41) is 8.26. The van der Waals surface area contributed by atoms with Crippen molar-refractivity contribution in [2.75, 3.05) is 0 Å². The molecule has 0 aliphatic rings. The smallest absolute Gasteiger partial charge is 0.121 e. The molecule has 0 aromatic carbocycles. The predicted octanol–water partition coefficient (Wildman–Crippen LogP) is 1.19. The zero-order chi connectivity index (χ0) is 7.40. The van der Waals surface area contributed by atoms with Crippen LogP contribution < -0.4 is 5.73 Å². The van der Waals surface area contributed by atoms with Gasteiger partial charge in [-0.1, -0.05) is 0 Å². The first kappa shape index (κ1) is 6.84. The van der Waals surface area contributed by atoms with Gasteiger partial charge in [-0.05, 0) is 12.1 Å². The minimum absolute atomic E-state index is 0.278. The van der Waals surface area contributed by atoms with E-state index in [1.54, 1.807) is 18.4 Å². The average Bonchev–Trinajstić information content (AvgIpc) is 2.38. The fourth-order valence-electron chi connectivity index (χ4n) is 0.701. The van der Waals surface area contributed by atoms with Gasteiger partial charge in [0.15, 0.2) is 0 Å². The monoisotopic (exact) mass is 136 g/mol. The van der Waals surface area contributed by atoms with Gasteiger partial charge < -0.3 is 10.2 Å². The summed E-state index contributed by atoms with van der Waals surface area (Å²) in [5.74, 6) is 0.668. The van der Waals surface area contributed by atoms with Crippen LogP contribution in [-0.4, -0.2) is 0 Å². The lowest BCUT2D eigenvalue weighted by Gasteiger charge is -2.00. The van der Waals surface area contributed by atoms with E-state index in [2.05, 4.69) is 0 Å². The zero-order valence-electron chi connectivity index (χ0n) is 5.45. The van der Waals surface area contributed by atoms with Gasteiger partial charge in [0.2, 0.25) is 0 Å². The molecule has 1 rings (SSSR count). The van der Waals surface area contributed by atoms with Crippen molar-refractivity contribution in [1.82, 2.24) is 0 Å². The fraction of sp³-hybridized carbons (Fsp3) is 0.286. The van der Waals surface area contributed by atoms with Crippen molar-refractivity contribution in [3.63, 3.8) is 0 Å². The molecule has 2 N–H and O–H groups in total. The Morgan fingerprint density at radius 2 is 2.60 bits per heavy atom. The van der Waals surface area contributed by atoms with Crippen LogP contribution in [0.3, 0.4) is 0 Å². The number of hydrogen-bond donors (Lipinski definition) is 1. The van der Waals surface area contributed by atoms with Gasteiger partial charge in [0, 0.05) is 0 Å². The van der Waals surface area contributed by atoms with Gasteiger partial charge >= 0.3 is 0 Å². The van der Waals surface area contributed by atoms with E-state index < -0.39 is 0 Å². The van der Waals surface area contributed by atoms with Gasteiger partial charge in [0.05, 0.1) is 24.8 Å². The number of rotatable bonds is 2. The Balaban J connectivity index is 2.61. The molecular weight excluding hydrogens is 128 g/mol. The Morgan fingerprint density at radius 3 is 3.10 bits per heavy atom. The molecule has 3 heteroatoms. The highest BCUT2D eigenvalue weighted by molar-refractivity contribution is 5.05. The van der Waals surface area contributed by atoms with Crippen LogP contribution in [-0.2, 0) is 0 Å². The molecule has 0 saturated heterocycles. The zero-order valence-corrected chi connectivity index (χ0v) is 5.45. The highest BCUT2D eigenvalue weighted by Crippen LogP contribution is 2.12. The van der Waals surface area contributed by atoms with Gasteiger partial charge in [0.25, 0.3) is 0 Å². The van der Waals surface area contributed by atoms with Crippen molar-refractivity contribution in [3.8, 4) is 6.07 Å². The molecule has 1 aromatic heterocycles. The summed E-state index contributed by atoms with van der Waals surface area (Å²) in [5.41, 5.74) is 5.53. The molecule has 0 aliphatic heterocycles. The van der Waals surface area contributed by atoms with E-state index in [1.807, 2.05) is 6.07 Å². The lowest BCUT2D eigenvalue weighted by Crippen LogP contribution is -2.07. The van der Waals surface area contributed by atoms with Crippen LogP contribution in [0.15, 0.2) is 22.8 Å². The highest BCUT2D eigenvalue weighted by atomic mass is 16.3. The molecule has 0 amide bonds. The SMILES string of the molecule is N#CC[C@H](N)c1ccco1. The number of nitrogens with zero attached hydrogens (tertiary/aromatic N) is 1. The van der Waals surface area contributed by atoms with Crippen molar-refractivity contribution in [2.24, 2.45) is 5.73 Å². The summed E-state index contributed by atoms with van der Waals surface area (Å²) in [6.07, 6.45) is 1.85. The first-order chi connectivity index (χ1) is 4.84. The van der Waals surface area contributed by atoms with E-state index in [0.717, 1.165) is 0 Å². The Hall–Kier alpha value is -1.27. The second-order valence-corrected chi connectivity index (χ2v) is 1.98. The van der Waals surface area contributed by atoms with E-state index in [1.165, 1.54) is 0 Å². The molecule has 0 unspecified atom stereocenters. The topological polar surface area (TPSA) is 63.0 Å². The Labute approximate surface area is 59.1 Å². The van der Waals surface area contributed by atoms with Crippen LogP contribution in [0.4, 0.5) is 0 Å². The quantitative estimate of drug-likeness (QED) is 0.664. The highest BCUT2D eigenvalue weighted by Gasteiger charge is 2.06. The van der Waals surface area contributed by atoms with E-state index >= 15 is 0 Å². The maximum absolute atomic E-state index is 8.26. The Kier molecular flexibility index (Phi) is 2.08. The van der Waals surface area contributed by atoms with Crippen LogP contribution in [0.2, 0.25) is 0 Å². The molecule has 1 heterocycles. The largest absolute Gasteiger partial charge is 0.468 e. The number of furan rings is 1. The van der Waals surface area contributed by atoms with E-state index in [-0.39, 0.29) is 6.04 Å². The van der Waals surface area contributed by atoms with E-state index in [0.29, 0.717) is 12.2 Å². The number of hydrogen-bond acceptors (Lipinski definition) is 3. The minimum Gasteiger partial charge on any atom is -0.468 e. The van der Waals surface area contributed by atoms with Crippen LogP contribution >= 0.6 is 0 Å². The lowest BCUT2D eigenvalue weighted by molar-refractivity contribution is 0.469. The molecule has 0 bridgehead atoms. The summed E-state index contributed by atoms with van der Waals surface area (Å²) in [7, 11) is 0. The molecule has 3 nitrogen and oxygen atoms in total. The third-order valence-electron chi connectivity index (χ3n) is 1.22. The molecule has 0 radical (unpaired) electrons. The van der Waals surface area contributed by atoms with Crippen molar-refractivity contribution in [3.05, 3.63) is 24.2 Å². The van der Waals surface area contributed by atoms with Crippen LogP contribution in [0.25, 0.3) is 0 Å². The molecule has 10 heavy (non-hydrogen) atoms. The summed E-state index contributed by atoms with van der Waals surface area (Å²) in [6, 6.07) is 5.22. The molecule has 0 spiro atoms. The molecule has 0 saturated carbocycles. The molecule has 1 aromatic rings. The Morgan fingerprint density at radius 1 is 1.80 bits per heavy atom. The maximum atomic E-state index is 8.26. The summed E-state index contributed by atoms with van der Waals surface area (Å²) in [4.78, 5) is 0. The number of nitriles is 1. The molecule has 0 fully saturated rings. The number of nitrogens with two attached hydrogens (primary N) is 1. The van der Waals surface area contributed by atoms with Gasteiger partial charge in [-0.25, -0.2) is 0 Å². The van der Waals surface area contributed by atoms with Gasteiger partial charge in [-0.15, -0.1) is 0 Å². The molecule has 1 atom stereocenters. The first-order valence-electron chi connectivity index (χ1n) is 3.00. The van der Waals surface area contributed by atoms with Crippen molar-refractivity contribution < 1.29 is 4.42 Å². The summed E-state index contributed by atoms with van der Waals surface area (Å²) in [6.45, 7) is 0. The van der Waals surface area contributed by atoms with Gasteiger partial charge in [-0.2, -0.15) is 5.26 Å². The lowest BCUT2D eigenvalue weighted by atomic mass is 10.2. The molecule has 0 aliphatic carbocycles. The standard InChI is InChI=1S/C7H8N2O/c8-4-3-6(9)7-2-1-5-10-7/h1-2,5-6H,3,9H2/t6-/m0/s1. The van der Waals surface area contributed by atoms with Crippen molar-refractivity contribution in [1.29, 1.82) is 5.26 Å². The summed E-state index contributed by atoms with van der Waals surface area (Å²) >= 11 is 0. The van der Waals surface area contributed by atoms with Crippen molar-refractivity contribution >= 4 is 0 Å². The van der Waals surface area contributed by atoms with Crippen molar-refractivity contribution in [2.45, 2.75) is 12.5 Å². The Bertz CT molecular complexity index is 222. The molecule has 52 valence electrons. The third-order valence-corrected chi connectivity index (χ3v) is 1.22. The second kappa shape index (κ2) is 3.04. The van der Waals surface area contributed by atoms with Crippen LogP contribution in [0.5, 0.6) is 0 Å². The maximum Gasteiger partial charge on any atom is 0.121 e. The first-order valence-corrected chi connectivity index (χ1v) is 3.00. The van der Waals surface area contributed by atoms with E-state index in [4.69, 9.17) is 15.4 Å².